The van der Waals surface area contributed by atoms with Crippen molar-refractivity contribution in [3.05, 3.63) is 18.2 Å². The van der Waals surface area contributed by atoms with Crippen LogP contribution in [0.1, 0.15) is 44.9 Å². The lowest BCUT2D eigenvalue weighted by atomic mass is 10.1. The van der Waals surface area contributed by atoms with Crippen LogP contribution in [0.3, 0.4) is 0 Å². The van der Waals surface area contributed by atoms with Gasteiger partial charge in [-0.05, 0) is 43.4 Å². The minimum absolute atomic E-state index is 0.0677. The van der Waals surface area contributed by atoms with Crippen LogP contribution >= 0.6 is 11.8 Å². The highest BCUT2D eigenvalue weighted by atomic mass is 32.2. The number of fused-ring (bicyclic) bond motifs is 1. The van der Waals surface area contributed by atoms with Gasteiger partial charge in [0.05, 0.1) is 4.90 Å². The van der Waals surface area contributed by atoms with E-state index in [1.807, 2.05) is 6.26 Å². The second kappa shape index (κ2) is 10.5. The third-order valence-corrected chi connectivity index (χ3v) is 7.36. The lowest BCUT2D eigenvalue weighted by Gasteiger charge is -2.23. The highest BCUT2D eigenvalue weighted by Gasteiger charge is 2.28. The first-order valence-corrected chi connectivity index (χ1v) is 13.1. The molecular formula is C20H30N2O5S2. The van der Waals surface area contributed by atoms with E-state index in [2.05, 4.69) is 10.0 Å². The number of carbonyl (C=O) groups excluding carboxylic acids is 1. The molecule has 1 heterocycles. The van der Waals surface area contributed by atoms with Crippen LogP contribution in [0.4, 0.5) is 0 Å². The van der Waals surface area contributed by atoms with Crippen LogP contribution in [-0.4, -0.2) is 51.6 Å². The molecule has 1 fully saturated rings. The number of nitrogens with one attached hydrogen (secondary N) is 2. The highest BCUT2D eigenvalue weighted by Crippen LogP contribution is 2.32. The first-order valence-electron chi connectivity index (χ1n) is 10.2. The summed E-state index contributed by atoms with van der Waals surface area (Å²) in [6.07, 6.45) is 8.87. The van der Waals surface area contributed by atoms with Gasteiger partial charge in [-0.3, -0.25) is 4.79 Å². The summed E-state index contributed by atoms with van der Waals surface area (Å²) in [5, 5.41) is 3.07. The molecule has 1 aliphatic heterocycles. The molecular weight excluding hydrogens is 412 g/mol. The Morgan fingerprint density at radius 3 is 2.52 bits per heavy atom. The quantitative estimate of drug-likeness (QED) is 0.601. The number of carbonyl (C=O) groups is 1. The molecule has 2 N–H and O–H groups in total. The first-order chi connectivity index (χ1) is 14.0. The number of rotatable bonds is 8. The van der Waals surface area contributed by atoms with Crippen LogP contribution in [0.5, 0.6) is 11.5 Å². The van der Waals surface area contributed by atoms with E-state index in [1.165, 1.54) is 25.0 Å². The molecule has 0 aromatic heterocycles. The average Bonchev–Trinajstić information content (AvgIpc) is 2.99. The Kier molecular flexibility index (Phi) is 8.08. The van der Waals surface area contributed by atoms with Crippen molar-refractivity contribution in [2.45, 2.75) is 61.9 Å². The lowest BCUT2D eigenvalue weighted by molar-refractivity contribution is -0.123. The van der Waals surface area contributed by atoms with E-state index in [1.54, 1.807) is 17.8 Å². The number of amides is 1. The summed E-state index contributed by atoms with van der Waals surface area (Å²) in [6.45, 7) is 0.819. The number of benzene rings is 1. The Labute approximate surface area is 177 Å². The van der Waals surface area contributed by atoms with Gasteiger partial charge >= 0.3 is 0 Å². The Morgan fingerprint density at radius 1 is 1.14 bits per heavy atom. The molecule has 0 spiro atoms. The normalized spacial score (nSPS) is 18.7. The maximum absolute atomic E-state index is 12.9. The van der Waals surface area contributed by atoms with Crippen molar-refractivity contribution in [3.8, 4) is 11.5 Å². The fourth-order valence-electron chi connectivity index (χ4n) is 3.65. The topological polar surface area (TPSA) is 93.7 Å². The van der Waals surface area contributed by atoms with Gasteiger partial charge in [0.2, 0.25) is 15.9 Å². The Hall–Kier alpha value is -1.45. The minimum atomic E-state index is -3.87. The third kappa shape index (κ3) is 6.26. The van der Waals surface area contributed by atoms with Crippen LogP contribution in [0.25, 0.3) is 0 Å². The van der Waals surface area contributed by atoms with Gasteiger partial charge in [-0.2, -0.15) is 16.5 Å². The standard InChI is InChI=1S/C20H30N2O5S2/c1-28-13-10-17(20(23)21-15-6-4-2-3-5-7-15)22-29(24,25)16-8-9-18-19(14-16)27-12-11-26-18/h8-9,14-15,17,22H,2-7,10-13H2,1H3,(H,21,23)/t17-/m0/s1. The van der Waals surface area contributed by atoms with E-state index in [9.17, 15) is 13.2 Å². The summed E-state index contributed by atoms with van der Waals surface area (Å²) in [6, 6.07) is 3.84. The number of hydrogen-bond acceptors (Lipinski definition) is 6. The van der Waals surface area contributed by atoms with Crippen molar-refractivity contribution < 1.29 is 22.7 Å². The molecule has 0 unspecified atom stereocenters. The summed E-state index contributed by atoms with van der Waals surface area (Å²) in [4.78, 5) is 12.9. The fourth-order valence-corrected chi connectivity index (χ4v) is 5.37. The van der Waals surface area contributed by atoms with Gasteiger partial charge in [0.25, 0.3) is 0 Å². The molecule has 1 aromatic rings. The molecule has 1 amide bonds. The fraction of sp³-hybridized carbons (Fsp3) is 0.650. The maximum atomic E-state index is 12.9. The van der Waals surface area contributed by atoms with E-state index in [-0.39, 0.29) is 16.8 Å². The van der Waals surface area contributed by atoms with Gasteiger partial charge in [-0.25, -0.2) is 8.42 Å². The molecule has 0 saturated heterocycles. The summed E-state index contributed by atoms with van der Waals surface area (Å²) in [5.41, 5.74) is 0. The number of ether oxygens (including phenoxy) is 2. The molecule has 2 aliphatic rings. The van der Waals surface area contributed by atoms with E-state index in [0.717, 1.165) is 25.7 Å². The SMILES string of the molecule is CSCC[C@H](NS(=O)(=O)c1ccc2c(c1)OCCO2)C(=O)NC1CCCCCC1. The van der Waals surface area contributed by atoms with Gasteiger partial charge in [0.1, 0.15) is 19.3 Å². The molecule has 1 aliphatic carbocycles. The van der Waals surface area contributed by atoms with E-state index in [0.29, 0.717) is 36.9 Å². The van der Waals surface area contributed by atoms with Crippen LogP contribution in [0.15, 0.2) is 23.1 Å². The Bertz CT molecular complexity index is 792. The van der Waals surface area contributed by atoms with E-state index in [4.69, 9.17) is 9.47 Å². The van der Waals surface area contributed by atoms with Crippen molar-refractivity contribution >= 4 is 27.7 Å². The van der Waals surface area contributed by atoms with Crippen LogP contribution in [0, 0.1) is 0 Å². The number of sulfonamides is 1. The predicted molar refractivity (Wildman–Crippen MR) is 114 cm³/mol. The van der Waals surface area contributed by atoms with Crippen molar-refractivity contribution in [1.29, 1.82) is 0 Å². The van der Waals surface area contributed by atoms with Crippen molar-refractivity contribution in [2.75, 3.05) is 25.2 Å². The zero-order valence-corrected chi connectivity index (χ0v) is 18.4. The summed E-state index contributed by atoms with van der Waals surface area (Å²) < 4.78 is 39.4. The molecule has 0 bridgehead atoms. The van der Waals surface area contributed by atoms with Gasteiger partial charge in [0, 0.05) is 12.1 Å². The van der Waals surface area contributed by atoms with Gasteiger partial charge in [-0.15, -0.1) is 0 Å². The molecule has 1 aromatic carbocycles. The third-order valence-electron chi connectivity index (χ3n) is 5.25. The maximum Gasteiger partial charge on any atom is 0.241 e. The van der Waals surface area contributed by atoms with Gasteiger partial charge < -0.3 is 14.8 Å². The molecule has 1 saturated carbocycles. The molecule has 7 nitrogen and oxygen atoms in total. The summed E-state index contributed by atoms with van der Waals surface area (Å²) >= 11 is 1.59. The number of hydrogen-bond donors (Lipinski definition) is 2. The molecule has 0 radical (unpaired) electrons. The van der Waals surface area contributed by atoms with Crippen LogP contribution < -0.4 is 19.5 Å². The average molecular weight is 443 g/mol. The van der Waals surface area contributed by atoms with E-state index >= 15 is 0 Å². The second-order valence-corrected chi connectivity index (χ2v) is 10.2. The molecule has 29 heavy (non-hydrogen) atoms. The van der Waals surface area contributed by atoms with Crippen LogP contribution in [0.2, 0.25) is 0 Å². The minimum Gasteiger partial charge on any atom is -0.486 e. The Morgan fingerprint density at radius 2 is 1.83 bits per heavy atom. The number of thioether (sulfide) groups is 1. The van der Waals surface area contributed by atoms with Gasteiger partial charge in [0.15, 0.2) is 11.5 Å². The first kappa shape index (κ1) is 22.2. The zero-order valence-electron chi connectivity index (χ0n) is 16.8. The van der Waals surface area contributed by atoms with Crippen LogP contribution in [-0.2, 0) is 14.8 Å². The molecule has 9 heteroatoms. The van der Waals surface area contributed by atoms with Crippen molar-refractivity contribution in [2.24, 2.45) is 0 Å². The largest absolute Gasteiger partial charge is 0.486 e. The molecule has 3 rings (SSSR count). The van der Waals surface area contributed by atoms with Gasteiger partial charge in [-0.1, -0.05) is 25.7 Å². The summed E-state index contributed by atoms with van der Waals surface area (Å²) in [7, 11) is -3.87. The Balaban J connectivity index is 1.71. The second-order valence-electron chi connectivity index (χ2n) is 7.46. The lowest BCUT2D eigenvalue weighted by Crippen LogP contribution is -2.49. The monoisotopic (exact) mass is 442 g/mol. The zero-order chi connectivity index (χ0) is 20.7. The summed E-state index contributed by atoms with van der Waals surface area (Å²) in [5.74, 6) is 1.38. The smallest absolute Gasteiger partial charge is 0.241 e. The predicted octanol–water partition coefficient (Wildman–Crippen LogP) is 2.70. The van der Waals surface area contributed by atoms with E-state index < -0.39 is 16.1 Å². The molecule has 162 valence electrons. The molecule has 1 atom stereocenters. The highest BCUT2D eigenvalue weighted by molar-refractivity contribution is 7.98. The van der Waals surface area contributed by atoms with Crippen molar-refractivity contribution in [3.63, 3.8) is 0 Å². The van der Waals surface area contributed by atoms with Crippen molar-refractivity contribution in [1.82, 2.24) is 10.0 Å².